The number of ketones is 1. The predicted molar refractivity (Wildman–Crippen MR) is 62.8 cm³/mol. The summed E-state index contributed by atoms with van der Waals surface area (Å²) in [5, 5.41) is 3.89. The van der Waals surface area contributed by atoms with Crippen LogP contribution in [-0.4, -0.2) is 11.5 Å². The summed E-state index contributed by atoms with van der Waals surface area (Å²) in [5.74, 6) is -0.146. The van der Waals surface area contributed by atoms with Crippen LogP contribution in [0.4, 0.5) is 11.4 Å². The molecule has 0 bridgehead atoms. The summed E-state index contributed by atoms with van der Waals surface area (Å²) in [4.78, 5) is 11.0. The topological polar surface area (TPSA) is 67.5 Å². The van der Waals surface area contributed by atoms with Crippen LogP contribution in [0.2, 0.25) is 0 Å². The lowest BCUT2D eigenvalue weighted by atomic mass is 10.3. The zero-order chi connectivity index (χ0) is 11.3. The van der Waals surface area contributed by atoms with Crippen LogP contribution in [0.1, 0.15) is 6.92 Å². The minimum Gasteiger partial charge on any atom is -0.397 e. The second-order valence-corrected chi connectivity index (χ2v) is 2.96. The van der Waals surface area contributed by atoms with Crippen molar-refractivity contribution in [2.75, 3.05) is 11.2 Å². The molecule has 4 heteroatoms. The number of hydrogen-bond acceptors (Lipinski definition) is 4. The van der Waals surface area contributed by atoms with Gasteiger partial charge in [0.15, 0.2) is 5.78 Å². The van der Waals surface area contributed by atoms with E-state index in [1.165, 1.54) is 13.0 Å². The van der Waals surface area contributed by atoms with Gasteiger partial charge < -0.3 is 5.73 Å². The molecule has 0 unspecified atom stereocenters. The molecule has 0 aromatic heterocycles. The average Bonchev–Trinajstić information content (AvgIpc) is 2.21. The van der Waals surface area contributed by atoms with E-state index in [1.807, 2.05) is 12.1 Å². The summed E-state index contributed by atoms with van der Waals surface area (Å²) >= 11 is 0. The predicted octanol–water partition coefficient (Wildman–Crippen LogP) is 1.81. The van der Waals surface area contributed by atoms with Crippen LogP contribution in [0.15, 0.2) is 42.0 Å². The number of rotatable bonds is 4. The highest BCUT2D eigenvalue weighted by Crippen LogP contribution is 2.16. The first-order chi connectivity index (χ1) is 7.15. The largest absolute Gasteiger partial charge is 0.397 e. The van der Waals surface area contributed by atoms with Crippen molar-refractivity contribution in [3.8, 4) is 0 Å². The van der Waals surface area contributed by atoms with Gasteiger partial charge in [-0.1, -0.05) is 18.7 Å². The molecule has 0 radical (unpaired) electrons. The minimum absolute atomic E-state index is 0.146. The quantitative estimate of drug-likeness (QED) is 0.445. The molecule has 1 rings (SSSR count). The number of allylic oxidation sites excluding steroid dienone is 1. The van der Waals surface area contributed by atoms with Crippen LogP contribution in [0.5, 0.6) is 0 Å². The SMILES string of the molecule is C=C/C(=N\Nc1ccccc1N)C(C)=O. The second kappa shape index (κ2) is 4.95. The van der Waals surface area contributed by atoms with E-state index >= 15 is 0 Å². The zero-order valence-corrected chi connectivity index (χ0v) is 8.53. The fraction of sp³-hybridized carbons (Fsp3) is 0.0909. The van der Waals surface area contributed by atoms with Gasteiger partial charge in [-0.25, -0.2) is 0 Å². The maximum Gasteiger partial charge on any atom is 0.179 e. The number of para-hydroxylation sites is 2. The maximum atomic E-state index is 11.0. The number of carbonyl (C=O) groups excluding carboxylic acids is 1. The van der Waals surface area contributed by atoms with E-state index in [2.05, 4.69) is 17.1 Å². The molecule has 0 heterocycles. The van der Waals surface area contributed by atoms with Crippen LogP contribution in [0.25, 0.3) is 0 Å². The fourth-order valence-electron chi connectivity index (χ4n) is 0.987. The van der Waals surface area contributed by atoms with E-state index < -0.39 is 0 Å². The summed E-state index contributed by atoms with van der Waals surface area (Å²) in [6.07, 6.45) is 1.40. The number of carbonyl (C=O) groups is 1. The molecular formula is C11H13N3O. The number of anilines is 2. The minimum atomic E-state index is -0.146. The lowest BCUT2D eigenvalue weighted by Crippen LogP contribution is -2.09. The van der Waals surface area contributed by atoms with Crippen LogP contribution in [0.3, 0.4) is 0 Å². The molecule has 0 saturated heterocycles. The number of nitrogen functional groups attached to an aromatic ring is 1. The molecule has 0 spiro atoms. The average molecular weight is 203 g/mol. The fourth-order valence-corrected chi connectivity index (χ4v) is 0.987. The molecule has 1 aromatic carbocycles. The smallest absolute Gasteiger partial charge is 0.179 e. The van der Waals surface area contributed by atoms with Gasteiger partial charge in [0.2, 0.25) is 0 Å². The maximum absolute atomic E-state index is 11.0. The number of hydrogen-bond donors (Lipinski definition) is 2. The van der Waals surface area contributed by atoms with Crippen molar-refractivity contribution in [3.05, 3.63) is 36.9 Å². The highest BCUT2D eigenvalue weighted by molar-refractivity contribution is 6.43. The van der Waals surface area contributed by atoms with Gasteiger partial charge in [-0.2, -0.15) is 5.10 Å². The van der Waals surface area contributed by atoms with E-state index in [-0.39, 0.29) is 11.5 Å². The van der Waals surface area contributed by atoms with Crippen molar-refractivity contribution in [3.63, 3.8) is 0 Å². The van der Waals surface area contributed by atoms with Gasteiger partial charge in [0.1, 0.15) is 5.71 Å². The second-order valence-electron chi connectivity index (χ2n) is 2.96. The molecular weight excluding hydrogens is 190 g/mol. The third kappa shape index (κ3) is 2.95. The van der Waals surface area contributed by atoms with E-state index in [9.17, 15) is 4.79 Å². The first-order valence-corrected chi connectivity index (χ1v) is 4.46. The van der Waals surface area contributed by atoms with E-state index in [0.29, 0.717) is 11.4 Å². The number of Topliss-reactive ketones (excluding diaryl/α,β-unsaturated/α-hetero) is 1. The Morgan fingerprint density at radius 3 is 2.73 bits per heavy atom. The Balaban J connectivity index is 2.83. The number of nitrogens with two attached hydrogens (primary N) is 1. The first-order valence-electron chi connectivity index (χ1n) is 4.46. The summed E-state index contributed by atoms with van der Waals surface area (Å²) in [7, 11) is 0. The van der Waals surface area contributed by atoms with Crippen LogP contribution < -0.4 is 11.2 Å². The summed E-state index contributed by atoms with van der Waals surface area (Å²) in [5.41, 5.74) is 9.92. The molecule has 0 aliphatic heterocycles. The van der Waals surface area contributed by atoms with Crippen molar-refractivity contribution in [2.45, 2.75) is 6.92 Å². The van der Waals surface area contributed by atoms with Crippen molar-refractivity contribution in [1.29, 1.82) is 0 Å². The van der Waals surface area contributed by atoms with E-state index in [4.69, 9.17) is 5.73 Å². The van der Waals surface area contributed by atoms with Gasteiger partial charge in [0, 0.05) is 6.92 Å². The highest BCUT2D eigenvalue weighted by Gasteiger charge is 2.00. The number of benzene rings is 1. The van der Waals surface area contributed by atoms with Crippen LogP contribution in [-0.2, 0) is 4.79 Å². The third-order valence-corrected chi connectivity index (χ3v) is 1.81. The first kappa shape index (κ1) is 11.0. The van der Waals surface area contributed by atoms with Gasteiger partial charge in [0.25, 0.3) is 0 Å². The molecule has 15 heavy (non-hydrogen) atoms. The van der Waals surface area contributed by atoms with Gasteiger partial charge in [-0.05, 0) is 18.2 Å². The molecule has 0 amide bonds. The van der Waals surface area contributed by atoms with Gasteiger partial charge in [-0.15, -0.1) is 0 Å². The summed E-state index contributed by atoms with van der Waals surface area (Å²) in [6.45, 7) is 4.92. The third-order valence-electron chi connectivity index (χ3n) is 1.81. The Labute approximate surface area is 88.5 Å². The lowest BCUT2D eigenvalue weighted by Gasteiger charge is -2.04. The van der Waals surface area contributed by atoms with Gasteiger partial charge >= 0.3 is 0 Å². The Hall–Kier alpha value is -2.10. The van der Waals surface area contributed by atoms with Gasteiger partial charge in [0.05, 0.1) is 11.4 Å². The lowest BCUT2D eigenvalue weighted by molar-refractivity contribution is -0.111. The van der Waals surface area contributed by atoms with E-state index in [0.717, 1.165) is 0 Å². The van der Waals surface area contributed by atoms with Crippen molar-refractivity contribution in [2.24, 2.45) is 5.10 Å². The Morgan fingerprint density at radius 2 is 2.20 bits per heavy atom. The standard InChI is InChI=1S/C11H13N3O/c1-3-10(8(2)15)13-14-11-7-5-4-6-9(11)12/h3-7,14H,1,12H2,2H3/b13-10+. The highest BCUT2D eigenvalue weighted by atomic mass is 16.1. The van der Waals surface area contributed by atoms with Crippen molar-refractivity contribution < 1.29 is 4.79 Å². The molecule has 0 saturated carbocycles. The number of hydrazone groups is 1. The molecule has 0 aliphatic rings. The Kier molecular flexibility index (Phi) is 3.62. The molecule has 4 nitrogen and oxygen atoms in total. The number of nitrogens with one attached hydrogen (secondary N) is 1. The Morgan fingerprint density at radius 1 is 1.53 bits per heavy atom. The Bertz CT molecular complexity index is 410. The van der Waals surface area contributed by atoms with Crippen LogP contribution >= 0.6 is 0 Å². The summed E-state index contributed by atoms with van der Waals surface area (Å²) in [6, 6.07) is 7.18. The molecule has 0 fully saturated rings. The number of nitrogens with zero attached hydrogens (tertiary/aromatic N) is 1. The summed E-state index contributed by atoms with van der Waals surface area (Å²) < 4.78 is 0. The van der Waals surface area contributed by atoms with Crippen molar-refractivity contribution in [1.82, 2.24) is 0 Å². The van der Waals surface area contributed by atoms with Crippen molar-refractivity contribution >= 4 is 22.9 Å². The normalized spacial score (nSPS) is 10.9. The molecule has 0 aliphatic carbocycles. The monoisotopic (exact) mass is 203 g/mol. The van der Waals surface area contributed by atoms with Crippen LogP contribution in [0, 0.1) is 0 Å². The van der Waals surface area contributed by atoms with E-state index in [1.54, 1.807) is 12.1 Å². The zero-order valence-electron chi connectivity index (χ0n) is 8.53. The molecule has 3 N–H and O–H groups in total. The van der Waals surface area contributed by atoms with Gasteiger partial charge in [-0.3, -0.25) is 10.2 Å². The molecule has 1 aromatic rings. The molecule has 0 atom stereocenters. The molecule has 78 valence electrons.